The molecule has 116 valence electrons. The maximum absolute atomic E-state index is 6.11. The van der Waals surface area contributed by atoms with Crippen LogP contribution in [0.1, 0.15) is 37.3 Å². The first-order valence-electron chi connectivity index (χ1n) is 7.43. The lowest BCUT2D eigenvalue weighted by Gasteiger charge is -2.13. The van der Waals surface area contributed by atoms with Gasteiger partial charge in [0.25, 0.3) is 0 Å². The lowest BCUT2D eigenvalue weighted by molar-refractivity contribution is 0.734. The molecule has 0 spiro atoms. The van der Waals surface area contributed by atoms with Gasteiger partial charge in [0.15, 0.2) is 5.11 Å². The lowest BCUT2D eigenvalue weighted by Crippen LogP contribution is -2.19. The van der Waals surface area contributed by atoms with Crippen LogP contribution in [0.15, 0.2) is 42.5 Å². The Bertz CT molecular complexity index is 653. The van der Waals surface area contributed by atoms with Crippen LogP contribution in [0.5, 0.6) is 0 Å². The number of thiocarbonyl (C=S) groups is 1. The monoisotopic (exact) mass is 332 g/mol. The van der Waals surface area contributed by atoms with E-state index in [1.807, 2.05) is 25.1 Å². The van der Waals surface area contributed by atoms with Gasteiger partial charge in [0.2, 0.25) is 0 Å². The van der Waals surface area contributed by atoms with Crippen LogP contribution in [0.4, 0.5) is 11.4 Å². The molecule has 1 unspecified atom stereocenters. The third-order valence-corrected chi connectivity index (χ3v) is 4.39. The van der Waals surface area contributed by atoms with Crippen molar-refractivity contribution in [2.45, 2.75) is 33.1 Å². The number of hydrogen-bond donors (Lipinski definition) is 2. The van der Waals surface area contributed by atoms with E-state index in [0.717, 1.165) is 28.4 Å². The van der Waals surface area contributed by atoms with Gasteiger partial charge in [0, 0.05) is 16.4 Å². The highest BCUT2D eigenvalue weighted by molar-refractivity contribution is 7.80. The van der Waals surface area contributed by atoms with Crippen LogP contribution in [0.3, 0.4) is 0 Å². The molecule has 2 aromatic carbocycles. The zero-order chi connectivity index (χ0) is 16.1. The molecule has 0 saturated heterocycles. The zero-order valence-electron chi connectivity index (χ0n) is 13.1. The van der Waals surface area contributed by atoms with Crippen molar-refractivity contribution in [3.8, 4) is 0 Å². The van der Waals surface area contributed by atoms with Crippen LogP contribution in [-0.4, -0.2) is 5.11 Å². The Morgan fingerprint density at radius 3 is 2.27 bits per heavy atom. The molecule has 0 aromatic heterocycles. The molecule has 4 heteroatoms. The molecule has 2 nitrogen and oxygen atoms in total. The van der Waals surface area contributed by atoms with Crippen LogP contribution in [0.25, 0.3) is 0 Å². The standard InChI is InChI=1S/C18H21ClN2S/c1-4-12(2)14-6-9-15(10-7-14)20-18(22)21-16-8-5-13(3)17(19)11-16/h5-12H,4H2,1-3H3,(H2,20,21,22). The Morgan fingerprint density at radius 2 is 1.68 bits per heavy atom. The molecule has 2 rings (SSSR count). The second kappa shape index (κ2) is 7.61. The minimum atomic E-state index is 0.552. The van der Waals surface area contributed by atoms with E-state index in [1.54, 1.807) is 0 Å². The number of anilines is 2. The topological polar surface area (TPSA) is 24.1 Å². The highest BCUT2D eigenvalue weighted by atomic mass is 35.5. The van der Waals surface area contributed by atoms with Crippen LogP contribution in [-0.2, 0) is 0 Å². The molecule has 0 fully saturated rings. The smallest absolute Gasteiger partial charge is 0.175 e. The van der Waals surface area contributed by atoms with Gasteiger partial charge in [-0.05, 0) is 66.9 Å². The highest BCUT2D eigenvalue weighted by Gasteiger charge is 2.04. The Labute approximate surface area is 142 Å². The summed E-state index contributed by atoms with van der Waals surface area (Å²) >= 11 is 11.5. The first-order chi connectivity index (χ1) is 10.5. The van der Waals surface area contributed by atoms with Crippen molar-refractivity contribution < 1.29 is 0 Å². The van der Waals surface area contributed by atoms with Gasteiger partial charge in [-0.3, -0.25) is 0 Å². The van der Waals surface area contributed by atoms with Gasteiger partial charge in [-0.2, -0.15) is 0 Å². The quantitative estimate of drug-likeness (QED) is 0.674. The molecule has 0 aliphatic heterocycles. The van der Waals surface area contributed by atoms with E-state index in [0.29, 0.717) is 11.0 Å². The summed E-state index contributed by atoms with van der Waals surface area (Å²) in [5, 5.41) is 7.61. The van der Waals surface area contributed by atoms with Gasteiger partial charge in [-0.15, -0.1) is 0 Å². The van der Waals surface area contributed by atoms with E-state index < -0.39 is 0 Å². The van der Waals surface area contributed by atoms with Crippen molar-refractivity contribution in [1.29, 1.82) is 0 Å². The van der Waals surface area contributed by atoms with Crippen LogP contribution in [0, 0.1) is 6.92 Å². The van der Waals surface area contributed by atoms with Gasteiger partial charge in [-0.1, -0.05) is 43.6 Å². The van der Waals surface area contributed by atoms with Crippen molar-refractivity contribution in [1.82, 2.24) is 0 Å². The van der Waals surface area contributed by atoms with Crippen LogP contribution < -0.4 is 10.6 Å². The number of rotatable bonds is 4. The lowest BCUT2D eigenvalue weighted by atomic mass is 9.99. The average molecular weight is 333 g/mol. The van der Waals surface area contributed by atoms with E-state index in [1.165, 1.54) is 5.56 Å². The summed E-state index contributed by atoms with van der Waals surface area (Å²) in [6.45, 7) is 6.40. The molecule has 0 radical (unpaired) electrons. The van der Waals surface area contributed by atoms with Crippen LogP contribution in [0.2, 0.25) is 5.02 Å². The van der Waals surface area contributed by atoms with E-state index in [4.69, 9.17) is 23.8 Å². The molecule has 0 amide bonds. The van der Waals surface area contributed by atoms with E-state index in [-0.39, 0.29) is 0 Å². The van der Waals surface area contributed by atoms with Crippen LogP contribution >= 0.6 is 23.8 Å². The Morgan fingerprint density at radius 1 is 1.09 bits per heavy atom. The molecule has 22 heavy (non-hydrogen) atoms. The fourth-order valence-corrected chi connectivity index (χ4v) is 2.51. The maximum atomic E-state index is 6.11. The Kier molecular flexibility index (Phi) is 5.81. The number of hydrogen-bond acceptors (Lipinski definition) is 1. The summed E-state index contributed by atoms with van der Waals surface area (Å²) in [4.78, 5) is 0. The molecule has 2 N–H and O–H groups in total. The highest BCUT2D eigenvalue weighted by Crippen LogP contribution is 2.22. The van der Waals surface area contributed by atoms with E-state index in [2.05, 4.69) is 48.7 Å². The molecular formula is C18H21ClN2S. The van der Waals surface area contributed by atoms with Gasteiger partial charge in [-0.25, -0.2) is 0 Å². The molecule has 0 aliphatic carbocycles. The summed E-state index contributed by atoms with van der Waals surface area (Å²) in [5.74, 6) is 0.578. The molecule has 0 saturated carbocycles. The summed E-state index contributed by atoms with van der Waals surface area (Å²) in [7, 11) is 0. The number of halogens is 1. The minimum Gasteiger partial charge on any atom is -0.332 e. The second-order valence-electron chi connectivity index (χ2n) is 5.47. The van der Waals surface area contributed by atoms with Gasteiger partial charge < -0.3 is 10.6 Å². The zero-order valence-corrected chi connectivity index (χ0v) is 14.7. The number of benzene rings is 2. The number of aryl methyl sites for hydroxylation is 1. The fraction of sp³-hybridized carbons (Fsp3) is 0.278. The summed E-state index contributed by atoms with van der Waals surface area (Å²) in [6.07, 6.45) is 1.14. The first-order valence-corrected chi connectivity index (χ1v) is 8.22. The normalized spacial score (nSPS) is 11.8. The second-order valence-corrected chi connectivity index (χ2v) is 6.29. The Hall–Kier alpha value is -1.58. The molecule has 2 aromatic rings. The SMILES string of the molecule is CCC(C)c1ccc(NC(=S)Nc2ccc(C)c(Cl)c2)cc1. The molecule has 0 heterocycles. The minimum absolute atomic E-state index is 0.552. The largest absolute Gasteiger partial charge is 0.332 e. The van der Waals surface area contributed by atoms with Crippen molar-refractivity contribution in [2.24, 2.45) is 0 Å². The van der Waals surface area contributed by atoms with Gasteiger partial charge in [0.1, 0.15) is 0 Å². The van der Waals surface area contributed by atoms with Gasteiger partial charge in [0.05, 0.1) is 0 Å². The van der Waals surface area contributed by atoms with Crippen molar-refractivity contribution in [3.05, 3.63) is 58.6 Å². The Balaban J connectivity index is 1.98. The first kappa shape index (κ1) is 16.8. The van der Waals surface area contributed by atoms with E-state index in [9.17, 15) is 0 Å². The molecular weight excluding hydrogens is 312 g/mol. The summed E-state index contributed by atoms with van der Waals surface area (Å²) < 4.78 is 0. The van der Waals surface area contributed by atoms with Gasteiger partial charge >= 0.3 is 0 Å². The number of nitrogens with one attached hydrogen (secondary N) is 2. The third-order valence-electron chi connectivity index (χ3n) is 3.78. The molecule has 0 bridgehead atoms. The molecule has 0 aliphatic rings. The summed E-state index contributed by atoms with van der Waals surface area (Å²) in [6, 6.07) is 14.2. The predicted molar refractivity (Wildman–Crippen MR) is 101 cm³/mol. The molecule has 1 atom stereocenters. The maximum Gasteiger partial charge on any atom is 0.175 e. The van der Waals surface area contributed by atoms with Crippen molar-refractivity contribution in [2.75, 3.05) is 10.6 Å². The third kappa shape index (κ3) is 4.46. The van der Waals surface area contributed by atoms with Crippen molar-refractivity contribution >= 4 is 40.3 Å². The van der Waals surface area contributed by atoms with E-state index >= 15 is 0 Å². The summed E-state index contributed by atoms with van der Waals surface area (Å²) in [5.41, 5.74) is 4.25. The average Bonchev–Trinajstić information content (AvgIpc) is 2.51. The van der Waals surface area contributed by atoms with Crippen molar-refractivity contribution in [3.63, 3.8) is 0 Å². The fourth-order valence-electron chi connectivity index (χ4n) is 2.09. The predicted octanol–water partition coefficient (Wildman–Crippen LogP) is 5.97.